The predicted octanol–water partition coefficient (Wildman–Crippen LogP) is 1.36. The summed E-state index contributed by atoms with van der Waals surface area (Å²) in [5.41, 5.74) is 1.04. The van der Waals surface area contributed by atoms with Gasteiger partial charge >= 0.3 is 0 Å². The van der Waals surface area contributed by atoms with Crippen molar-refractivity contribution in [1.82, 2.24) is 20.4 Å². The second-order valence-corrected chi connectivity index (χ2v) is 3.53. The third-order valence-electron chi connectivity index (χ3n) is 2.34. The monoisotopic (exact) mass is 218 g/mol. The van der Waals surface area contributed by atoms with E-state index in [1.165, 1.54) is 6.39 Å². The molecule has 0 aromatic carbocycles. The molecule has 0 amide bonds. The third kappa shape index (κ3) is 2.87. The van der Waals surface area contributed by atoms with Crippen molar-refractivity contribution in [3.8, 4) is 0 Å². The molecule has 0 aliphatic heterocycles. The van der Waals surface area contributed by atoms with Crippen molar-refractivity contribution in [1.29, 1.82) is 0 Å². The maximum Gasteiger partial charge on any atom is 0.213 e. The highest BCUT2D eigenvalue weighted by molar-refractivity contribution is 5.07. The summed E-state index contributed by atoms with van der Waals surface area (Å²) in [6.45, 7) is 2.88. The maximum absolute atomic E-state index is 4.66. The molecule has 16 heavy (non-hydrogen) atoms. The minimum atomic E-state index is 0.230. The zero-order valence-electron chi connectivity index (χ0n) is 9.13. The fraction of sp³-hybridized carbons (Fsp3) is 0.364. The van der Waals surface area contributed by atoms with Gasteiger partial charge in [-0.2, -0.15) is 4.98 Å². The lowest BCUT2D eigenvalue weighted by atomic mass is 10.2. The second kappa shape index (κ2) is 5.37. The molecule has 0 bridgehead atoms. The van der Waals surface area contributed by atoms with Crippen molar-refractivity contribution < 1.29 is 4.52 Å². The van der Waals surface area contributed by atoms with Gasteiger partial charge < -0.3 is 9.84 Å². The normalized spacial score (nSPS) is 12.6. The molecular formula is C11H14N4O. The number of pyridine rings is 1. The van der Waals surface area contributed by atoms with Crippen LogP contribution in [0.4, 0.5) is 0 Å². The van der Waals surface area contributed by atoms with Crippen LogP contribution < -0.4 is 5.32 Å². The van der Waals surface area contributed by atoms with Crippen LogP contribution in [0.25, 0.3) is 0 Å². The van der Waals surface area contributed by atoms with Crippen LogP contribution >= 0.6 is 0 Å². The highest BCUT2D eigenvalue weighted by Gasteiger charge is 2.05. The van der Waals surface area contributed by atoms with Crippen LogP contribution in [-0.2, 0) is 6.42 Å². The number of hydrogen-bond donors (Lipinski definition) is 1. The molecule has 0 aliphatic rings. The summed E-state index contributed by atoms with van der Waals surface area (Å²) in [7, 11) is 0. The molecule has 2 heterocycles. The molecule has 84 valence electrons. The summed E-state index contributed by atoms with van der Waals surface area (Å²) >= 11 is 0. The van der Waals surface area contributed by atoms with Gasteiger partial charge in [-0.15, -0.1) is 0 Å². The van der Waals surface area contributed by atoms with Crippen LogP contribution in [0.15, 0.2) is 35.3 Å². The summed E-state index contributed by atoms with van der Waals surface area (Å²) in [6.07, 6.45) is 3.90. The van der Waals surface area contributed by atoms with E-state index in [9.17, 15) is 0 Å². The molecule has 5 nitrogen and oxygen atoms in total. The van der Waals surface area contributed by atoms with E-state index in [-0.39, 0.29) is 6.04 Å². The minimum absolute atomic E-state index is 0.230. The van der Waals surface area contributed by atoms with Crippen molar-refractivity contribution in [3.63, 3.8) is 0 Å². The number of nitrogens with zero attached hydrogens (tertiary/aromatic N) is 3. The Balaban J connectivity index is 1.78. The van der Waals surface area contributed by atoms with E-state index < -0.39 is 0 Å². The van der Waals surface area contributed by atoms with E-state index in [4.69, 9.17) is 0 Å². The fourth-order valence-corrected chi connectivity index (χ4v) is 1.44. The van der Waals surface area contributed by atoms with Crippen molar-refractivity contribution in [2.45, 2.75) is 19.4 Å². The van der Waals surface area contributed by atoms with Crippen LogP contribution in [0.1, 0.15) is 24.5 Å². The minimum Gasteiger partial charge on any atom is -0.343 e. The largest absolute Gasteiger partial charge is 0.343 e. The SMILES string of the molecule is CC(NCCc1ncon1)c1ccccn1. The molecule has 1 N–H and O–H groups in total. The van der Waals surface area contributed by atoms with Gasteiger partial charge in [0.2, 0.25) is 6.39 Å². The lowest BCUT2D eigenvalue weighted by molar-refractivity contribution is 0.408. The van der Waals surface area contributed by atoms with E-state index >= 15 is 0 Å². The van der Waals surface area contributed by atoms with Gasteiger partial charge in [-0.25, -0.2) is 0 Å². The standard InChI is InChI=1S/C11H14N4O/c1-9(10-4-2-3-6-13-10)12-7-5-11-14-8-16-15-11/h2-4,6,8-9,12H,5,7H2,1H3. The Hall–Kier alpha value is -1.75. The van der Waals surface area contributed by atoms with Gasteiger partial charge in [0.1, 0.15) is 0 Å². The first-order valence-corrected chi connectivity index (χ1v) is 5.26. The quantitative estimate of drug-likeness (QED) is 0.820. The highest BCUT2D eigenvalue weighted by atomic mass is 16.5. The lowest BCUT2D eigenvalue weighted by Gasteiger charge is -2.11. The Kier molecular flexibility index (Phi) is 3.61. The first kappa shape index (κ1) is 10.8. The maximum atomic E-state index is 4.66. The third-order valence-corrected chi connectivity index (χ3v) is 2.34. The van der Waals surface area contributed by atoms with Gasteiger partial charge in [-0.1, -0.05) is 11.2 Å². The van der Waals surface area contributed by atoms with E-state index in [1.807, 2.05) is 18.2 Å². The van der Waals surface area contributed by atoms with Crippen molar-refractivity contribution in [2.24, 2.45) is 0 Å². The molecular weight excluding hydrogens is 204 g/mol. The summed E-state index contributed by atoms with van der Waals surface area (Å²) in [4.78, 5) is 8.23. The van der Waals surface area contributed by atoms with E-state index in [0.717, 1.165) is 24.5 Å². The number of nitrogens with one attached hydrogen (secondary N) is 1. The van der Waals surface area contributed by atoms with E-state index in [0.29, 0.717) is 0 Å². The van der Waals surface area contributed by atoms with Crippen LogP contribution in [0.5, 0.6) is 0 Å². The molecule has 1 unspecified atom stereocenters. The Morgan fingerprint density at radius 1 is 1.38 bits per heavy atom. The van der Waals surface area contributed by atoms with Gasteiger partial charge in [-0.05, 0) is 19.1 Å². The Bertz CT molecular complexity index is 401. The molecule has 0 saturated heterocycles. The van der Waals surface area contributed by atoms with Gasteiger partial charge in [0.15, 0.2) is 5.82 Å². The average Bonchev–Trinajstić information content (AvgIpc) is 2.83. The molecule has 0 spiro atoms. The molecule has 0 radical (unpaired) electrons. The molecule has 0 fully saturated rings. The second-order valence-electron chi connectivity index (χ2n) is 3.53. The van der Waals surface area contributed by atoms with E-state index in [2.05, 4.69) is 31.9 Å². The molecule has 1 atom stereocenters. The van der Waals surface area contributed by atoms with Crippen LogP contribution in [0, 0.1) is 0 Å². The van der Waals surface area contributed by atoms with Gasteiger partial charge in [0, 0.05) is 25.2 Å². The Labute approximate surface area is 93.9 Å². The van der Waals surface area contributed by atoms with Crippen LogP contribution in [0.3, 0.4) is 0 Å². The summed E-state index contributed by atoms with van der Waals surface area (Å²) in [6, 6.07) is 6.13. The van der Waals surface area contributed by atoms with Crippen molar-refractivity contribution >= 4 is 0 Å². The smallest absolute Gasteiger partial charge is 0.213 e. The number of hydrogen-bond acceptors (Lipinski definition) is 5. The zero-order chi connectivity index (χ0) is 11.2. The Morgan fingerprint density at radius 2 is 2.31 bits per heavy atom. The first-order chi connectivity index (χ1) is 7.86. The molecule has 0 saturated carbocycles. The summed E-state index contributed by atoms with van der Waals surface area (Å²) in [5, 5.41) is 7.10. The summed E-state index contributed by atoms with van der Waals surface area (Å²) in [5.74, 6) is 0.723. The van der Waals surface area contributed by atoms with Crippen molar-refractivity contribution in [2.75, 3.05) is 6.54 Å². The number of aromatic nitrogens is 3. The van der Waals surface area contributed by atoms with Crippen LogP contribution in [0.2, 0.25) is 0 Å². The first-order valence-electron chi connectivity index (χ1n) is 5.26. The highest BCUT2D eigenvalue weighted by Crippen LogP contribution is 2.07. The predicted molar refractivity (Wildman–Crippen MR) is 58.7 cm³/mol. The molecule has 0 aliphatic carbocycles. The molecule has 2 aromatic rings. The van der Waals surface area contributed by atoms with Crippen LogP contribution in [-0.4, -0.2) is 21.7 Å². The van der Waals surface area contributed by atoms with E-state index in [1.54, 1.807) is 6.20 Å². The van der Waals surface area contributed by atoms with Crippen molar-refractivity contribution in [3.05, 3.63) is 42.3 Å². The molecule has 2 aromatic heterocycles. The zero-order valence-corrected chi connectivity index (χ0v) is 9.13. The van der Waals surface area contributed by atoms with Gasteiger partial charge in [-0.3, -0.25) is 4.98 Å². The Morgan fingerprint density at radius 3 is 3.00 bits per heavy atom. The average molecular weight is 218 g/mol. The lowest BCUT2D eigenvalue weighted by Crippen LogP contribution is -2.22. The summed E-state index contributed by atoms with van der Waals surface area (Å²) < 4.78 is 4.66. The molecule has 5 heteroatoms. The van der Waals surface area contributed by atoms with Gasteiger partial charge in [0.05, 0.1) is 5.69 Å². The fourth-order valence-electron chi connectivity index (χ4n) is 1.44. The van der Waals surface area contributed by atoms with Gasteiger partial charge in [0.25, 0.3) is 0 Å². The topological polar surface area (TPSA) is 63.8 Å². The molecule has 2 rings (SSSR count). The number of rotatable bonds is 5.